The number of nitrogens with one attached hydrogen (secondary N) is 1. The number of anilines is 1. The molecule has 0 bridgehead atoms. The number of nitrogens with zero attached hydrogens (tertiary/aromatic N) is 3. The van der Waals surface area contributed by atoms with Gasteiger partial charge < -0.3 is 20.7 Å². The highest BCUT2D eigenvalue weighted by molar-refractivity contribution is 6.00. The summed E-state index contributed by atoms with van der Waals surface area (Å²) in [5, 5.41) is 2.41. The van der Waals surface area contributed by atoms with Crippen LogP contribution in [0.1, 0.15) is 24.1 Å². The van der Waals surface area contributed by atoms with Crippen LogP contribution >= 0.6 is 0 Å². The number of primary amides is 1. The van der Waals surface area contributed by atoms with Gasteiger partial charge in [-0.2, -0.15) is 13.2 Å². The van der Waals surface area contributed by atoms with E-state index in [0.717, 1.165) is 24.4 Å². The van der Waals surface area contributed by atoms with Crippen LogP contribution in [0.3, 0.4) is 0 Å². The highest BCUT2D eigenvalue weighted by atomic mass is 19.4. The average molecular weight is 503 g/mol. The molecule has 1 aliphatic heterocycles. The van der Waals surface area contributed by atoms with Gasteiger partial charge in [0, 0.05) is 25.2 Å². The van der Waals surface area contributed by atoms with Crippen LogP contribution < -0.4 is 20.7 Å². The zero-order valence-corrected chi connectivity index (χ0v) is 17.9. The van der Waals surface area contributed by atoms with E-state index >= 15 is 0 Å². The lowest BCUT2D eigenvalue weighted by atomic mass is 9.96. The van der Waals surface area contributed by atoms with Crippen LogP contribution in [0.4, 0.5) is 32.3 Å². The van der Waals surface area contributed by atoms with E-state index in [1.165, 1.54) is 23.1 Å². The summed E-state index contributed by atoms with van der Waals surface area (Å²) in [5.41, 5.74) is 4.25. The molecular weight excluding hydrogens is 484 g/mol. The number of carbonyl (C=O) groups excluding carboxylic acids is 2. The molecule has 1 aromatic carbocycles. The predicted molar refractivity (Wildman–Crippen MR) is 110 cm³/mol. The van der Waals surface area contributed by atoms with Crippen molar-refractivity contribution in [3.8, 4) is 5.75 Å². The molecule has 2 amide bonds. The number of rotatable bonds is 6. The minimum Gasteiger partial charge on any atom is -0.406 e. The Kier molecular flexibility index (Phi) is 7.51. The van der Waals surface area contributed by atoms with Gasteiger partial charge in [0.25, 0.3) is 5.91 Å². The van der Waals surface area contributed by atoms with Gasteiger partial charge >= 0.3 is 12.5 Å². The second-order valence-electron chi connectivity index (χ2n) is 7.53. The van der Waals surface area contributed by atoms with Gasteiger partial charge in [-0.05, 0) is 42.7 Å². The van der Waals surface area contributed by atoms with Gasteiger partial charge in [-0.1, -0.05) is 12.1 Å². The van der Waals surface area contributed by atoms with E-state index in [1.807, 2.05) is 0 Å². The van der Waals surface area contributed by atoms with Crippen molar-refractivity contribution in [2.24, 2.45) is 11.7 Å². The van der Waals surface area contributed by atoms with Crippen LogP contribution in [-0.2, 0) is 15.8 Å². The summed E-state index contributed by atoms with van der Waals surface area (Å²) in [6, 6.07) is 5.31. The lowest BCUT2D eigenvalue weighted by Crippen LogP contribution is -2.42. The van der Waals surface area contributed by atoms with Crippen molar-refractivity contribution in [2.45, 2.75) is 25.4 Å². The van der Waals surface area contributed by atoms with Crippen LogP contribution in [0, 0.1) is 5.92 Å². The second-order valence-corrected chi connectivity index (χ2v) is 7.53. The predicted octanol–water partition coefficient (Wildman–Crippen LogP) is 3.25. The Labute approximate surface area is 194 Å². The monoisotopic (exact) mass is 503 g/mol. The smallest absolute Gasteiger partial charge is 0.406 e. The van der Waals surface area contributed by atoms with Gasteiger partial charge in [-0.15, -0.1) is 13.2 Å². The van der Waals surface area contributed by atoms with Crippen LogP contribution in [0.25, 0.3) is 6.08 Å². The van der Waals surface area contributed by atoms with Gasteiger partial charge in [-0.3, -0.25) is 9.59 Å². The fourth-order valence-electron chi connectivity index (χ4n) is 3.34. The number of hydrogen-bond donors (Lipinski definition) is 2. The highest BCUT2D eigenvalue weighted by Gasteiger charge is 2.34. The zero-order chi connectivity index (χ0) is 25.8. The Hall–Kier alpha value is -3.84. The molecule has 188 valence electrons. The van der Waals surface area contributed by atoms with Crippen molar-refractivity contribution in [3.05, 3.63) is 53.5 Å². The van der Waals surface area contributed by atoms with Crippen molar-refractivity contribution >= 4 is 23.8 Å². The number of alkyl halides is 6. The molecule has 35 heavy (non-hydrogen) atoms. The molecule has 0 saturated carbocycles. The molecule has 1 aliphatic rings. The second kappa shape index (κ2) is 10.2. The number of nitrogens with two attached hydrogens (primary N) is 1. The van der Waals surface area contributed by atoms with Crippen LogP contribution in [0.5, 0.6) is 5.75 Å². The Bertz CT molecular complexity index is 1090. The number of amides is 2. The van der Waals surface area contributed by atoms with E-state index < -0.39 is 41.7 Å². The molecule has 2 aromatic rings. The van der Waals surface area contributed by atoms with E-state index in [4.69, 9.17) is 5.73 Å². The summed E-state index contributed by atoms with van der Waals surface area (Å²) in [6.45, 7) is 0.408. The number of benzene rings is 1. The van der Waals surface area contributed by atoms with Gasteiger partial charge in [0.1, 0.15) is 17.1 Å². The quantitative estimate of drug-likeness (QED) is 0.463. The third-order valence-corrected chi connectivity index (χ3v) is 5.03. The third-order valence-electron chi connectivity index (χ3n) is 5.03. The maximum absolute atomic E-state index is 12.9. The van der Waals surface area contributed by atoms with Crippen LogP contribution in [-0.4, -0.2) is 41.2 Å². The topological polar surface area (TPSA) is 110 Å². The normalized spacial score (nSPS) is 15.6. The molecule has 1 saturated heterocycles. The molecule has 0 unspecified atom stereocenters. The molecule has 8 nitrogen and oxygen atoms in total. The van der Waals surface area contributed by atoms with E-state index in [0.29, 0.717) is 0 Å². The third kappa shape index (κ3) is 7.32. The minimum absolute atomic E-state index is 0.102. The van der Waals surface area contributed by atoms with Crippen LogP contribution in [0.15, 0.2) is 42.2 Å². The largest absolute Gasteiger partial charge is 0.573 e. The summed E-state index contributed by atoms with van der Waals surface area (Å²) in [5.74, 6) is -2.63. The lowest BCUT2D eigenvalue weighted by Gasteiger charge is -2.31. The maximum atomic E-state index is 12.9. The minimum atomic E-state index is -4.85. The summed E-state index contributed by atoms with van der Waals surface area (Å²) < 4.78 is 79.2. The van der Waals surface area contributed by atoms with E-state index in [-0.39, 0.29) is 43.1 Å². The van der Waals surface area contributed by atoms with Crippen LogP contribution in [0.2, 0.25) is 0 Å². The molecule has 0 aliphatic carbocycles. The number of carbonyl (C=O) groups is 2. The Balaban J connectivity index is 1.62. The molecule has 1 aromatic heterocycles. The number of ether oxygens (including phenoxy) is 1. The van der Waals surface area contributed by atoms with Gasteiger partial charge in [0.15, 0.2) is 0 Å². The summed E-state index contributed by atoms with van der Waals surface area (Å²) in [6.07, 6.45) is -6.76. The van der Waals surface area contributed by atoms with Crippen molar-refractivity contribution in [2.75, 3.05) is 18.0 Å². The van der Waals surface area contributed by atoms with Gasteiger partial charge in [0.05, 0.1) is 0 Å². The molecule has 1 fully saturated rings. The highest BCUT2D eigenvalue weighted by Crippen LogP contribution is 2.29. The molecule has 2 heterocycles. The SMILES string of the molecule is NC(=O)/C(=C\c1ccc(OC(F)(F)F)cc1)NC(=O)C1CCN(c2nccc(C(F)(F)F)n2)CC1. The summed E-state index contributed by atoms with van der Waals surface area (Å²) >= 11 is 0. The average Bonchev–Trinajstić information content (AvgIpc) is 2.78. The summed E-state index contributed by atoms with van der Waals surface area (Å²) in [4.78, 5) is 33.3. The maximum Gasteiger partial charge on any atom is 0.573 e. The van der Waals surface area contributed by atoms with Gasteiger partial charge in [-0.25, -0.2) is 9.97 Å². The number of hydrogen-bond acceptors (Lipinski definition) is 6. The fourth-order valence-corrected chi connectivity index (χ4v) is 3.34. The molecule has 14 heteroatoms. The molecule has 0 spiro atoms. The van der Waals surface area contributed by atoms with Gasteiger partial charge in [0.2, 0.25) is 11.9 Å². The van der Waals surface area contributed by atoms with Crippen molar-refractivity contribution in [1.82, 2.24) is 15.3 Å². The lowest BCUT2D eigenvalue weighted by molar-refractivity contribution is -0.274. The number of halogens is 6. The van der Waals surface area contributed by atoms with Crippen molar-refractivity contribution in [3.63, 3.8) is 0 Å². The van der Waals surface area contributed by atoms with E-state index in [1.54, 1.807) is 0 Å². The molecular formula is C21H19F6N5O3. The number of piperidine rings is 1. The van der Waals surface area contributed by atoms with E-state index in [2.05, 4.69) is 20.0 Å². The van der Waals surface area contributed by atoms with Crippen molar-refractivity contribution in [1.29, 1.82) is 0 Å². The summed E-state index contributed by atoms with van der Waals surface area (Å²) in [7, 11) is 0. The first kappa shape index (κ1) is 25.8. The Morgan fingerprint density at radius 1 is 1.06 bits per heavy atom. The first-order chi connectivity index (χ1) is 16.3. The Morgan fingerprint density at radius 3 is 2.23 bits per heavy atom. The molecule has 3 rings (SSSR count). The fraction of sp³-hybridized carbons (Fsp3) is 0.333. The zero-order valence-electron chi connectivity index (χ0n) is 17.9. The Morgan fingerprint density at radius 2 is 1.69 bits per heavy atom. The van der Waals surface area contributed by atoms with E-state index in [9.17, 15) is 35.9 Å². The first-order valence-electron chi connectivity index (χ1n) is 10.2. The molecule has 0 atom stereocenters. The standard InChI is InChI=1S/C21H19F6N5O3/c22-20(23,24)16-5-8-29-19(31-16)32-9-6-13(7-10-32)18(34)30-15(17(28)33)11-12-1-3-14(4-2-12)35-21(25,26)27/h1-5,8,11,13H,6-7,9-10H2,(H2,28,33)(H,30,34)/b15-11+. The van der Waals surface area contributed by atoms with Crippen molar-refractivity contribution < 1.29 is 40.7 Å². The molecule has 0 radical (unpaired) electrons. The first-order valence-corrected chi connectivity index (χ1v) is 10.2. The number of aromatic nitrogens is 2. The molecule has 3 N–H and O–H groups in total.